The van der Waals surface area contributed by atoms with E-state index in [9.17, 15) is 4.79 Å². The second kappa shape index (κ2) is 3.52. The van der Waals surface area contributed by atoms with Crippen LogP contribution in [0, 0.1) is 5.92 Å². The van der Waals surface area contributed by atoms with Crippen molar-refractivity contribution in [1.82, 2.24) is 4.90 Å². The van der Waals surface area contributed by atoms with Crippen molar-refractivity contribution >= 4 is 5.91 Å². The normalized spacial score (nSPS) is 20.8. The number of carbonyl (C=O) groups excluding carboxylic acids is 1. The second-order valence-corrected chi connectivity index (χ2v) is 4.66. The molecule has 0 N–H and O–H groups in total. The van der Waals surface area contributed by atoms with Crippen molar-refractivity contribution in [3.05, 3.63) is 12.2 Å². The van der Waals surface area contributed by atoms with E-state index in [0.717, 1.165) is 13.0 Å². The summed E-state index contributed by atoms with van der Waals surface area (Å²) in [6.07, 6.45) is 4.77. The molecular formula is C11H19NO. The quantitative estimate of drug-likeness (QED) is 0.598. The third-order valence-electron chi connectivity index (χ3n) is 2.57. The minimum absolute atomic E-state index is 0.0817. The average Bonchev–Trinajstić information content (AvgIpc) is 1.99. The van der Waals surface area contributed by atoms with Gasteiger partial charge < -0.3 is 4.90 Å². The van der Waals surface area contributed by atoms with Crippen molar-refractivity contribution in [2.24, 2.45) is 5.92 Å². The molecule has 0 aromatic carbocycles. The Morgan fingerprint density at radius 1 is 1.46 bits per heavy atom. The van der Waals surface area contributed by atoms with Crippen LogP contribution in [0.4, 0.5) is 0 Å². The van der Waals surface area contributed by atoms with Gasteiger partial charge in [-0.05, 0) is 32.3 Å². The molecular weight excluding hydrogens is 162 g/mol. The van der Waals surface area contributed by atoms with Crippen LogP contribution in [0.1, 0.15) is 34.1 Å². The standard InChI is InChI=1S/C11H19NO/c1-9(2)5-6-10(13)12-8-7-11(12,3)4/h5-6,9H,7-8H2,1-4H3/b6-5+. The predicted octanol–water partition coefficient (Wildman–Crippen LogP) is 2.21. The Balaban J connectivity index is 2.50. The van der Waals surface area contributed by atoms with E-state index >= 15 is 0 Å². The number of hydrogen-bond acceptors (Lipinski definition) is 1. The molecule has 1 aliphatic rings. The van der Waals surface area contributed by atoms with E-state index in [4.69, 9.17) is 0 Å². The molecule has 1 rings (SSSR count). The lowest BCUT2D eigenvalue weighted by Gasteiger charge is -2.48. The molecule has 1 heterocycles. The van der Waals surface area contributed by atoms with Gasteiger partial charge in [-0.2, -0.15) is 0 Å². The maximum absolute atomic E-state index is 11.6. The lowest BCUT2D eigenvalue weighted by molar-refractivity contribution is -0.138. The van der Waals surface area contributed by atoms with Crippen LogP contribution in [0.2, 0.25) is 0 Å². The Morgan fingerprint density at radius 3 is 2.38 bits per heavy atom. The van der Waals surface area contributed by atoms with Gasteiger partial charge in [-0.3, -0.25) is 4.79 Å². The summed E-state index contributed by atoms with van der Waals surface area (Å²) in [5, 5.41) is 0. The van der Waals surface area contributed by atoms with Gasteiger partial charge in [0.05, 0.1) is 0 Å². The number of likely N-dealkylation sites (tertiary alicyclic amines) is 1. The zero-order valence-corrected chi connectivity index (χ0v) is 9.00. The summed E-state index contributed by atoms with van der Waals surface area (Å²) in [6, 6.07) is 0. The molecule has 2 nitrogen and oxygen atoms in total. The Bertz CT molecular complexity index is 228. The third-order valence-corrected chi connectivity index (χ3v) is 2.57. The molecule has 1 aliphatic heterocycles. The topological polar surface area (TPSA) is 20.3 Å². The third kappa shape index (κ3) is 2.33. The molecule has 0 aliphatic carbocycles. The number of amides is 1. The summed E-state index contributed by atoms with van der Waals surface area (Å²) in [5.74, 6) is 0.610. The number of nitrogens with zero attached hydrogens (tertiary/aromatic N) is 1. The summed E-state index contributed by atoms with van der Waals surface area (Å²) < 4.78 is 0. The zero-order chi connectivity index (χ0) is 10.1. The van der Waals surface area contributed by atoms with Gasteiger partial charge in [-0.25, -0.2) is 0 Å². The summed E-state index contributed by atoms with van der Waals surface area (Å²) in [7, 11) is 0. The van der Waals surface area contributed by atoms with Crippen molar-refractivity contribution in [1.29, 1.82) is 0 Å². The Kier molecular flexibility index (Phi) is 2.79. The molecule has 13 heavy (non-hydrogen) atoms. The molecule has 0 aromatic rings. The minimum atomic E-state index is 0.0817. The molecule has 0 bridgehead atoms. The Hall–Kier alpha value is -0.790. The van der Waals surface area contributed by atoms with E-state index in [-0.39, 0.29) is 11.4 Å². The van der Waals surface area contributed by atoms with E-state index in [1.54, 1.807) is 6.08 Å². The minimum Gasteiger partial charge on any atom is -0.334 e. The fourth-order valence-corrected chi connectivity index (χ4v) is 1.44. The lowest BCUT2D eigenvalue weighted by Crippen LogP contribution is -2.57. The summed E-state index contributed by atoms with van der Waals surface area (Å²) in [6.45, 7) is 9.28. The van der Waals surface area contributed by atoms with E-state index in [2.05, 4.69) is 27.7 Å². The molecule has 0 spiro atoms. The van der Waals surface area contributed by atoms with Gasteiger partial charge in [-0.15, -0.1) is 0 Å². The summed E-state index contributed by atoms with van der Waals surface area (Å²) >= 11 is 0. The first-order valence-electron chi connectivity index (χ1n) is 4.93. The second-order valence-electron chi connectivity index (χ2n) is 4.66. The first kappa shape index (κ1) is 10.3. The van der Waals surface area contributed by atoms with Gasteiger partial charge in [0.15, 0.2) is 0 Å². The van der Waals surface area contributed by atoms with Crippen LogP contribution in [-0.4, -0.2) is 22.9 Å². The molecule has 0 radical (unpaired) electrons. The van der Waals surface area contributed by atoms with Crippen molar-refractivity contribution in [2.45, 2.75) is 39.7 Å². The van der Waals surface area contributed by atoms with Gasteiger partial charge in [0.25, 0.3) is 0 Å². The smallest absolute Gasteiger partial charge is 0.246 e. The van der Waals surface area contributed by atoms with E-state index in [1.807, 2.05) is 11.0 Å². The Morgan fingerprint density at radius 2 is 2.08 bits per heavy atom. The molecule has 1 fully saturated rings. The van der Waals surface area contributed by atoms with Gasteiger partial charge in [0.2, 0.25) is 5.91 Å². The van der Waals surface area contributed by atoms with Crippen LogP contribution < -0.4 is 0 Å². The van der Waals surface area contributed by atoms with Gasteiger partial charge in [-0.1, -0.05) is 19.9 Å². The summed E-state index contributed by atoms with van der Waals surface area (Å²) in [4.78, 5) is 13.5. The first-order valence-corrected chi connectivity index (χ1v) is 4.93. The predicted molar refractivity (Wildman–Crippen MR) is 54.4 cm³/mol. The molecule has 0 unspecified atom stereocenters. The highest BCUT2D eigenvalue weighted by atomic mass is 16.2. The summed E-state index contributed by atoms with van der Waals surface area (Å²) in [5.41, 5.74) is 0.0817. The molecule has 74 valence electrons. The molecule has 1 saturated heterocycles. The monoisotopic (exact) mass is 181 g/mol. The maximum atomic E-state index is 11.6. The van der Waals surface area contributed by atoms with Crippen molar-refractivity contribution in [3.63, 3.8) is 0 Å². The van der Waals surface area contributed by atoms with Crippen LogP contribution in [0.25, 0.3) is 0 Å². The molecule has 0 saturated carbocycles. The first-order chi connectivity index (χ1) is 5.93. The molecule has 1 amide bonds. The highest BCUT2D eigenvalue weighted by Gasteiger charge is 2.37. The largest absolute Gasteiger partial charge is 0.334 e. The number of hydrogen-bond donors (Lipinski definition) is 0. The fraction of sp³-hybridized carbons (Fsp3) is 0.727. The average molecular weight is 181 g/mol. The lowest BCUT2D eigenvalue weighted by atomic mass is 9.89. The molecule has 2 heteroatoms. The van der Waals surface area contributed by atoms with Crippen LogP contribution in [0.5, 0.6) is 0 Å². The van der Waals surface area contributed by atoms with E-state index in [1.165, 1.54) is 0 Å². The van der Waals surface area contributed by atoms with Crippen LogP contribution in [0.3, 0.4) is 0 Å². The number of carbonyl (C=O) groups is 1. The molecule has 0 aromatic heterocycles. The van der Waals surface area contributed by atoms with Crippen LogP contribution >= 0.6 is 0 Å². The van der Waals surface area contributed by atoms with Crippen molar-refractivity contribution in [2.75, 3.05) is 6.54 Å². The highest BCUT2D eigenvalue weighted by Crippen LogP contribution is 2.29. The van der Waals surface area contributed by atoms with Gasteiger partial charge in [0.1, 0.15) is 0 Å². The van der Waals surface area contributed by atoms with E-state index in [0.29, 0.717) is 5.92 Å². The number of allylic oxidation sites excluding steroid dienone is 1. The van der Waals surface area contributed by atoms with Crippen molar-refractivity contribution < 1.29 is 4.79 Å². The van der Waals surface area contributed by atoms with Crippen LogP contribution in [0.15, 0.2) is 12.2 Å². The maximum Gasteiger partial charge on any atom is 0.246 e. The molecule has 0 atom stereocenters. The zero-order valence-electron chi connectivity index (χ0n) is 9.00. The van der Waals surface area contributed by atoms with Crippen LogP contribution in [-0.2, 0) is 4.79 Å². The Labute approximate surface area is 80.6 Å². The number of rotatable bonds is 2. The van der Waals surface area contributed by atoms with E-state index < -0.39 is 0 Å². The SMILES string of the molecule is CC(C)/C=C/C(=O)N1CCC1(C)C. The highest BCUT2D eigenvalue weighted by molar-refractivity contribution is 5.88. The fourth-order valence-electron chi connectivity index (χ4n) is 1.44. The van der Waals surface area contributed by atoms with Gasteiger partial charge in [0, 0.05) is 12.1 Å². The van der Waals surface area contributed by atoms with Gasteiger partial charge >= 0.3 is 0 Å². The van der Waals surface area contributed by atoms with Crippen molar-refractivity contribution in [3.8, 4) is 0 Å².